The van der Waals surface area contributed by atoms with Crippen LogP contribution in [-0.4, -0.2) is 4.98 Å². The van der Waals surface area contributed by atoms with Gasteiger partial charge in [0.05, 0.1) is 0 Å². The standard InChI is InChI=1S/C24H21NO3/c1-18-23(25-24(28-18)20-10-6-3-7-11-20)17-27-22-14-12-21(13-15-22)26-16-19-8-4-2-5-9-19/h2-15H,16-17H2,1H3. The molecule has 4 aromatic rings. The molecule has 1 aromatic heterocycles. The molecular formula is C24H21NO3. The molecular weight excluding hydrogens is 350 g/mol. The molecule has 0 aliphatic heterocycles. The highest BCUT2D eigenvalue weighted by Gasteiger charge is 2.11. The smallest absolute Gasteiger partial charge is 0.226 e. The van der Waals surface area contributed by atoms with Gasteiger partial charge in [-0.25, -0.2) is 4.98 Å². The molecule has 0 saturated heterocycles. The Kier molecular flexibility index (Phi) is 5.38. The number of nitrogens with zero attached hydrogens (tertiary/aromatic N) is 1. The van der Waals surface area contributed by atoms with Gasteiger partial charge < -0.3 is 13.9 Å². The van der Waals surface area contributed by atoms with Gasteiger partial charge in [-0.1, -0.05) is 48.5 Å². The van der Waals surface area contributed by atoms with Crippen LogP contribution in [0.15, 0.2) is 89.3 Å². The average Bonchev–Trinajstić information content (AvgIpc) is 3.13. The monoisotopic (exact) mass is 371 g/mol. The third-order valence-electron chi connectivity index (χ3n) is 4.36. The molecule has 0 amide bonds. The third kappa shape index (κ3) is 4.41. The highest BCUT2D eigenvalue weighted by atomic mass is 16.5. The molecule has 0 saturated carbocycles. The Hall–Kier alpha value is -3.53. The van der Waals surface area contributed by atoms with Gasteiger partial charge in [0, 0.05) is 5.56 Å². The fourth-order valence-electron chi connectivity index (χ4n) is 2.79. The van der Waals surface area contributed by atoms with Gasteiger partial charge in [0.2, 0.25) is 5.89 Å². The number of oxazole rings is 1. The van der Waals surface area contributed by atoms with Crippen molar-refractivity contribution >= 4 is 0 Å². The minimum Gasteiger partial charge on any atom is -0.489 e. The Labute approximate surface area is 164 Å². The maximum absolute atomic E-state index is 5.86. The Morgan fingerprint density at radius 1 is 0.714 bits per heavy atom. The Bertz CT molecular complexity index is 1010. The van der Waals surface area contributed by atoms with Crippen molar-refractivity contribution < 1.29 is 13.9 Å². The number of hydrogen-bond donors (Lipinski definition) is 0. The van der Waals surface area contributed by atoms with Gasteiger partial charge >= 0.3 is 0 Å². The van der Waals surface area contributed by atoms with Crippen molar-refractivity contribution in [3.05, 3.63) is 102 Å². The summed E-state index contributed by atoms with van der Waals surface area (Å²) in [7, 11) is 0. The molecule has 4 nitrogen and oxygen atoms in total. The van der Waals surface area contributed by atoms with Crippen LogP contribution in [0.1, 0.15) is 17.0 Å². The summed E-state index contributed by atoms with van der Waals surface area (Å²) in [6.07, 6.45) is 0. The Balaban J connectivity index is 1.34. The number of aryl methyl sites for hydroxylation is 1. The molecule has 140 valence electrons. The minimum atomic E-state index is 0.354. The third-order valence-corrected chi connectivity index (χ3v) is 4.36. The normalized spacial score (nSPS) is 10.6. The van der Waals surface area contributed by atoms with E-state index in [1.807, 2.05) is 91.9 Å². The first-order chi connectivity index (χ1) is 13.8. The van der Waals surface area contributed by atoms with E-state index in [0.717, 1.165) is 34.1 Å². The molecule has 0 N–H and O–H groups in total. The average molecular weight is 371 g/mol. The number of aromatic nitrogens is 1. The highest BCUT2D eigenvalue weighted by molar-refractivity contribution is 5.53. The lowest BCUT2D eigenvalue weighted by molar-refractivity contribution is 0.293. The second-order valence-corrected chi connectivity index (χ2v) is 6.42. The molecule has 0 bridgehead atoms. The van der Waals surface area contributed by atoms with E-state index < -0.39 is 0 Å². The van der Waals surface area contributed by atoms with Gasteiger partial charge in [0.25, 0.3) is 0 Å². The molecule has 0 aliphatic carbocycles. The summed E-state index contributed by atoms with van der Waals surface area (Å²) in [4.78, 5) is 4.56. The molecule has 0 radical (unpaired) electrons. The van der Waals surface area contributed by atoms with E-state index in [2.05, 4.69) is 4.98 Å². The molecule has 0 fully saturated rings. The molecule has 4 heteroatoms. The first-order valence-corrected chi connectivity index (χ1v) is 9.19. The Morgan fingerprint density at radius 2 is 1.29 bits per heavy atom. The molecule has 1 heterocycles. The zero-order valence-electron chi connectivity index (χ0n) is 15.7. The number of ether oxygens (including phenoxy) is 2. The quantitative estimate of drug-likeness (QED) is 0.411. The highest BCUT2D eigenvalue weighted by Crippen LogP contribution is 2.23. The molecule has 0 spiro atoms. The van der Waals surface area contributed by atoms with Gasteiger partial charge in [0.15, 0.2) is 0 Å². The van der Waals surface area contributed by atoms with E-state index in [9.17, 15) is 0 Å². The van der Waals surface area contributed by atoms with Crippen LogP contribution >= 0.6 is 0 Å². The fraction of sp³-hybridized carbons (Fsp3) is 0.125. The molecule has 3 aromatic carbocycles. The van der Waals surface area contributed by atoms with Crippen molar-refractivity contribution in [3.8, 4) is 23.0 Å². The van der Waals surface area contributed by atoms with E-state index in [1.54, 1.807) is 0 Å². The summed E-state index contributed by atoms with van der Waals surface area (Å²) in [5.41, 5.74) is 2.89. The van der Waals surface area contributed by atoms with Crippen molar-refractivity contribution in [1.29, 1.82) is 0 Å². The van der Waals surface area contributed by atoms with Crippen molar-refractivity contribution in [2.75, 3.05) is 0 Å². The van der Waals surface area contributed by atoms with Crippen LogP contribution in [0.2, 0.25) is 0 Å². The summed E-state index contributed by atoms with van der Waals surface area (Å²) in [5, 5.41) is 0. The zero-order chi connectivity index (χ0) is 19.2. The van der Waals surface area contributed by atoms with E-state index in [4.69, 9.17) is 13.9 Å². The number of hydrogen-bond acceptors (Lipinski definition) is 4. The first-order valence-electron chi connectivity index (χ1n) is 9.19. The first kappa shape index (κ1) is 17.9. The van der Waals surface area contributed by atoms with Crippen molar-refractivity contribution in [2.24, 2.45) is 0 Å². The van der Waals surface area contributed by atoms with Gasteiger partial charge in [-0.15, -0.1) is 0 Å². The van der Waals surface area contributed by atoms with Crippen molar-refractivity contribution in [3.63, 3.8) is 0 Å². The predicted octanol–water partition coefficient (Wildman–Crippen LogP) is 5.81. The molecule has 28 heavy (non-hydrogen) atoms. The number of benzene rings is 3. The van der Waals surface area contributed by atoms with Crippen molar-refractivity contribution in [1.82, 2.24) is 4.98 Å². The van der Waals surface area contributed by atoms with Crippen LogP contribution in [0.25, 0.3) is 11.5 Å². The maximum Gasteiger partial charge on any atom is 0.226 e. The van der Waals surface area contributed by atoms with Crippen LogP contribution in [0.5, 0.6) is 11.5 Å². The largest absolute Gasteiger partial charge is 0.489 e. The van der Waals surface area contributed by atoms with Gasteiger partial charge in [0.1, 0.15) is 36.2 Å². The van der Waals surface area contributed by atoms with E-state index in [-0.39, 0.29) is 0 Å². The van der Waals surface area contributed by atoms with Gasteiger partial charge in [-0.3, -0.25) is 0 Å². The minimum absolute atomic E-state index is 0.354. The van der Waals surface area contributed by atoms with Crippen LogP contribution in [0, 0.1) is 6.92 Å². The molecule has 4 rings (SSSR count). The summed E-state index contributed by atoms with van der Waals surface area (Å²) in [6.45, 7) is 2.80. The second-order valence-electron chi connectivity index (χ2n) is 6.42. The zero-order valence-corrected chi connectivity index (χ0v) is 15.7. The predicted molar refractivity (Wildman–Crippen MR) is 108 cm³/mol. The second kappa shape index (κ2) is 8.44. The van der Waals surface area contributed by atoms with Crippen LogP contribution < -0.4 is 9.47 Å². The lowest BCUT2D eigenvalue weighted by Crippen LogP contribution is -1.98. The number of rotatable bonds is 7. The van der Waals surface area contributed by atoms with E-state index >= 15 is 0 Å². The van der Waals surface area contributed by atoms with Crippen LogP contribution in [-0.2, 0) is 13.2 Å². The lowest BCUT2D eigenvalue weighted by Gasteiger charge is -2.08. The topological polar surface area (TPSA) is 44.5 Å². The van der Waals surface area contributed by atoms with E-state index in [0.29, 0.717) is 19.1 Å². The summed E-state index contributed by atoms with van der Waals surface area (Å²) in [5.74, 6) is 2.94. The molecule has 0 atom stereocenters. The summed E-state index contributed by atoms with van der Waals surface area (Å²) >= 11 is 0. The van der Waals surface area contributed by atoms with Crippen molar-refractivity contribution in [2.45, 2.75) is 20.1 Å². The van der Waals surface area contributed by atoms with Gasteiger partial charge in [-0.05, 0) is 48.9 Å². The molecule has 0 aliphatic rings. The fourth-order valence-corrected chi connectivity index (χ4v) is 2.79. The van der Waals surface area contributed by atoms with Crippen LogP contribution in [0.3, 0.4) is 0 Å². The van der Waals surface area contributed by atoms with Crippen LogP contribution in [0.4, 0.5) is 0 Å². The Morgan fingerprint density at radius 3 is 1.93 bits per heavy atom. The van der Waals surface area contributed by atoms with E-state index in [1.165, 1.54) is 0 Å². The summed E-state index contributed by atoms with van der Waals surface area (Å²) in [6, 6.07) is 27.5. The SMILES string of the molecule is Cc1oc(-c2ccccc2)nc1COc1ccc(OCc2ccccc2)cc1. The van der Waals surface area contributed by atoms with Gasteiger partial charge in [-0.2, -0.15) is 0 Å². The molecule has 0 unspecified atom stereocenters. The maximum atomic E-state index is 5.86. The lowest BCUT2D eigenvalue weighted by atomic mass is 10.2. The summed E-state index contributed by atoms with van der Waals surface area (Å²) < 4.78 is 17.4.